The molecular formula is C13H11ClN4O2S. The normalized spacial score (nSPS) is 15.8. The third kappa shape index (κ3) is 2.62. The number of hydrogen-bond acceptors (Lipinski definition) is 5. The van der Waals surface area contributed by atoms with Gasteiger partial charge in [0, 0.05) is 5.69 Å². The summed E-state index contributed by atoms with van der Waals surface area (Å²) in [6.07, 6.45) is 1.28. The molecule has 0 unspecified atom stereocenters. The minimum Gasteiger partial charge on any atom is -0.248 e. The van der Waals surface area contributed by atoms with Crippen molar-refractivity contribution in [2.45, 2.75) is 18.4 Å². The van der Waals surface area contributed by atoms with Crippen LogP contribution in [0.5, 0.6) is 0 Å². The molecule has 2 heterocycles. The van der Waals surface area contributed by atoms with E-state index in [0.717, 1.165) is 4.31 Å². The van der Waals surface area contributed by atoms with Crippen molar-refractivity contribution >= 4 is 33.7 Å². The van der Waals surface area contributed by atoms with E-state index >= 15 is 0 Å². The second-order valence-electron chi connectivity index (χ2n) is 4.51. The van der Waals surface area contributed by atoms with E-state index in [2.05, 4.69) is 15.0 Å². The van der Waals surface area contributed by atoms with Gasteiger partial charge in [0.2, 0.25) is 0 Å². The van der Waals surface area contributed by atoms with E-state index < -0.39 is 10.0 Å². The molecule has 0 fully saturated rings. The maximum Gasteiger partial charge on any atom is 0.267 e. The van der Waals surface area contributed by atoms with Gasteiger partial charge in [-0.1, -0.05) is 23.7 Å². The van der Waals surface area contributed by atoms with E-state index in [9.17, 15) is 8.42 Å². The minimum absolute atomic E-state index is 0.0123. The van der Waals surface area contributed by atoms with Gasteiger partial charge in [-0.3, -0.25) is 0 Å². The molecule has 1 aliphatic heterocycles. The Hall–Kier alpha value is -1.99. The van der Waals surface area contributed by atoms with Crippen LogP contribution in [0.25, 0.3) is 0 Å². The number of aromatic nitrogens is 2. The number of sulfonamides is 1. The van der Waals surface area contributed by atoms with Crippen LogP contribution >= 0.6 is 11.6 Å². The average molecular weight is 323 g/mol. The van der Waals surface area contributed by atoms with Crippen LogP contribution < -0.4 is 0 Å². The predicted octanol–water partition coefficient (Wildman–Crippen LogP) is 2.30. The molecule has 0 atom stereocenters. The lowest BCUT2D eigenvalue weighted by molar-refractivity contribution is 0.513. The number of benzene rings is 1. The summed E-state index contributed by atoms with van der Waals surface area (Å²) in [4.78, 5) is 12.5. The zero-order valence-electron chi connectivity index (χ0n) is 11.1. The number of hydrogen-bond donors (Lipinski definition) is 0. The molecule has 108 valence electrons. The Morgan fingerprint density at radius 3 is 2.76 bits per heavy atom. The molecule has 3 rings (SSSR count). The quantitative estimate of drug-likeness (QED) is 0.795. The first-order valence-electron chi connectivity index (χ1n) is 6.12. The maximum atomic E-state index is 12.5. The van der Waals surface area contributed by atoms with Crippen molar-refractivity contribution in [3.8, 4) is 0 Å². The van der Waals surface area contributed by atoms with Crippen molar-refractivity contribution in [1.29, 1.82) is 0 Å². The van der Waals surface area contributed by atoms with E-state index in [-0.39, 0.29) is 16.6 Å². The van der Waals surface area contributed by atoms with Gasteiger partial charge in [-0.25, -0.2) is 27.7 Å². The van der Waals surface area contributed by atoms with E-state index in [1.807, 2.05) is 0 Å². The van der Waals surface area contributed by atoms with Gasteiger partial charge in [0.25, 0.3) is 10.0 Å². The molecule has 0 radical (unpaired) electrons. The standard InChI is InChI=1S/C13H11ClN4O2S/c1-9-6-12(14)17-13(16-9)7-18-8-15-10-4-2-3-5-11(10)21(18,19)20/h2-6,8H,7H2,1H3. The van der Waals surface area contributed by atoms with Gasteiger partial charge in [-0.2, -0.15) is 0 Å². The third-order valence-corrected chi connectivity index (χ3v) is 4.88. The summed E-state index contributed by atoms with van der Waals surface area (Å²) in [5.74, 6) is 0.328. The van der Waals surface area contributed by atoms with E-state index in [0.29, 0.717) is 17.2 Å². The number of para-hydroxylation sites is 1. The minimum atomic E-state index is -3.65. The molecule has 0 bridgehead atoms. The second kappa shape index (κ2) is 5.09. The lowest BCUT2D eigenvalue weighted by Gasteiger charge is -2.23. The Morgan fingerprint density at radius 1 is 1.24 bits per heavy atom. The Bertz CT molecular complexity index is 816. The van der Waals surface area contributed by atoms with Crippen molar-refractivity contribution in [3.63, 3.8) is 0 Å². The molecule has 6 nitrogen and oxygen atoms in total. The Labute approximate surface area is 127 Å². The summed E-state index contributed by atoms with van der Waals surface area (Å²) < 4.78 is 26.2. The Kier molecular flexibility index (Phi) is 3.38. The molecule has 0 amide bonds. The first-order valence-corrected chi connectivity index (χ1v) is 7.94. The number of aryl methyl sites for hydroxylation is 1. The van der Waals surface area contributed by atoms with Gasteiger partial charge in [0.05, 0.1) is 12.2 Å². The molecule has 1 aromatic heterocycles. The van der Waals surface area contributed by atoms with Crippen LogP contribution in [0, 0.1) is 6.92 Å². The highest BCUT2D eigenvalue weighted by Crippen LogP contribution is 2.30. The molecule has 1 aliphatic rings. The molecule has 8 heteroatoms. The van der Waals surface area contributed by atoms with E-state index in [1.165, 1.54) is 12.4 Å². The zero-order chi connectivity index (χ0) is 15.0. The summed E-state index contributed by atoms with van der Waals surface area (Å²) in [6, 6.07) is 8.19. The summed E-state index contributed by atoms with van der Waals surface area (Å²) in [5, 5.41) is 0.282. The van der Waals surface area contributed by atoms with E-state index in [4.69, 9.17) is 11.6 Å². The first kappa shape index (κ1) is 14.0. The molecule has 0 N–H and O–H groups in total. The molecule has 21 heavy (non-hydrogen) atoms. The van der Waals surface area contributed by atoms with Crippen LogP contribution in [0.15, 0.2) is 40.2 Å². The fourth-order valence-corrected chi connectivity index (χ4v) is 3.62. The Balaban J connectivity index is 1.98. The maximum absolute atomic E-state index is 12.5. The van der Waals surface area contributed by atoms with E-state index in [1.54, 1.807) is 31.2 Å². The van der Waals surface area contributed by atoms with Crippen molar-refractivity contribution in [3.05, 3.63) is 47.0 Å². The SMILES string of the molecule is Cc1cc(Cl)nc(CN2C=Nc3ccccc3S2(=O)=O)n1. The second-order valence-corrected chi connectivity index (χ2v) is 6.76. The van der Waals surface area contributed by atoms with Crippen LogP contribution in [0.4, 0.5) is 5.69 Å². The highest BCUT2D eigenvalue weighted by molar-refractivity contribution is 7.89. The van der Waals surface area contributed by atoms with Crippen molar-refractivity contribution in [2.75, 3.05) is 0 Å². The van der Waals surface area contributed by atoms with Gasteiger partial charge in [0.15, 0.2) is 5.82 Å². The summed E-state index contributed by atoms with van der Waals surface area (Å²) in [5.41, 5.74) is 1.11. The number of fused-ring (bicyclic) bond motifs is 1. The molecule has 0 saturated carbocycles. The van der Waals surface area contributed by atoms with Crippen LogP contribution in [0.2, 0.25) is 5.15 Å². The van der Waals surface area contributed by atoms with Gasteiger partial charge in [0.1, 0.15) is 16.4 Å². The monoisotopic (exact) mass is 322 g/mol. The highest BCUT2D eigenvalue weighted by atomic mass is 35.5. The number of halogens is 1. The topological polar surface area (TPSA) is 75.5 Å². The lowest BCUT2D eigenvalue weighted by atomic mass is 10.3. The molecular weight excluding hydrogens is 312 g/mol. The van der Waals surface area contributed by atoms with Crippen LogP contribution in [0.1, 0.15) is 11.5 Å². The summed E-state index contributed by atoms with van der Waals surface area (Å²) in [7, 11) is -3.65. The van der Waals surface area contributed by atoms with Gasteiger partial charge in [-0.05, 0) is 25.1 Å². The predicted molar refractivity (Wildman–Crippen MR) is 79.1 cm³/mol. The van der Waals surface area contributed by atoms with Crippen LogP contribution in [-0.4, -0.2) is 29.0 Å². The number of rotatable bonds is 2. The van der Waals surface area contributed by atoms with Gasteiger partial charge < -0.3 is 0 Å². The fourth-order valence-electron chi connectivity index (χ4n) is 2.02. The molecule has 0 saturated heterocycles. The molecule has 2 aromatic rings. The largest absolute Gasteiger partial charge is 0.267 e. The third-order valence-electron chi connectivity index (χ3n) is 2.94. The molecule has 1 aromatic carbocycles. The van der Waals surface area contributed by atoms with Crippen molar-refractivity contribution in [1.82, 2.24) is 14.3 Å². The molecule has 0 spiro atoms. The first-order chi connectivity index (χ1) is 9.96. The smallest absolute Gasteiger partial charge is 0.248 e. The zero-order valence-corrected chi connectivity index (χ0v) is 12.6. The highest BCUT2D eigenvalue weighted by Gasteiger charge is 2.29. The van der Waals surface area contributed by atoms with Crippen LogP contribution in [-0.2, 0) is 16.6 Å². The summed E-state index contributed by atoms with van der Waals surface area (Å²) in [6.45, 7) is 1.76. The molecule has 0 aliphatic carbocycles. The van der Waals surface area contributed by atoms with Gasteiger partial charge in [-0.15, -0.1) is 0 Å². The van der Waals surface area contributed by atoms with Crippen molar-refractivity contribution < 1.29 is 8.42 Å². The lowest BCUT2D eigenvalue weighted by Crippen LogP contribution is -2.32. The average Bonchev–Trinajstić information content (AvgIpc) is 2.41. The van der Waals surface area contributed by atoms with Gasteiger partial charge >= 0.3 is 0 Å². The Morgan fingerprint density at radius 2 is 2.00 bits per heavy atom. The number of nitrogens with zero attached hydrogens (tertiary/aromatic N) is 4. The van der Waals surface area contributed by atoms with Crippen LogP contribution in [0.3, 0.4) is 0 Å². The van der Waals surface area contributed by atoms with Crippen molar-refractivity contribution in [2.24, 2.45) is 4.99 Å². The fraction of sp³-hybridized carbons (Fsp3) is 0.154. The number of aliphatic imine (C=N–C) groups is 1. The summed E-state index contributed by atoms with van der Waals surface area (Å²) >= 11 is 5.87.